The second-order valence-corrected chi connectivity index (χ2v) is 6.63. The van der Waals surface area contributed by atoms with Crippen LogP contribution >= 0.6 is 27.3 Å². The highest BCUT2D eigenvalue weighted by Crippen LogP contribution is 2.25. The van der Waals surface area contributed by atoms with Crippen LogP contribution in [0.4, 0.5) is 0 Å². The molecule has 19 heavy (non-hydrogen) atoms. The van der Waals surface area contributed by atoms with Crippen LogP contribution in [0.25, 0.3) is 0 Å². The maximum Gasteiger partial charge on any atom is 0.0178 e. The SMILES string of the molecule is CCNCC(CCc1cccs1)c1cccc(Br)c1. The molecule has 0 fully saturated rings. The predicted molar refractivity (Wildman–Crippen MR) is 88.1 cm³/mol. The van der Waals surface area contributed by atoms with E-state index in [2.05, 4.69) is 69.9 Å². The van der Waals surface area contributed by atoms with Crippen LogP contribution in [0.3, 0.4) is 0 Å². The van der Waals surface area contributed by atoms with E-state index in [4.69, 9.17) is 0 Å². The number of thiophene rings is 1. The number of hydrogen-bond acceptors (Lipinski definition) is 2. The van der Waals surface area contributed by atoms with Crippen LogP contribution in [0.15, 0.2) is 46.3 Å². The summed E-state index contributed by atoms with van der Waals surface area (Å²) in [5.74, 6) is 0.583. The maximum atomic E-state index is 3.57. The molecule has 1 N–H and O–H groups in total. The summed E-state index contributed by atoms with van der Waals surface area (Å²) in [5, 5.41) is 5.64. The Balaban J connectivity index is 2.02. The van der Waals surface area contributed by atoms with Gasteiger partial charge in [-0.2, -0.15) is 0 Å². The quantitative estimate of drug-likeness (QED) is 0.762. The molecule has 0 spiro atoms. The van der Waals surface area contributed by atoms with Gasteiger partial charge < -0.3 is 5.32 Å². The van der Waals surface area contributed by atoms with E-state index >= 15 is 0 Å². The minimum Gasteiger partial charge on any atom is -0.316 e. The van der Waals surface area contributed by atoms with E-state index in [0.717, 1.165) is 13.1 Å². The van der Waals surface area contributed by atoms with Crippen molar-refractivity contribution in [2.45, 2.75) is 25.7 Å². The number of aryl methyl sites for hydroxylation is 1. The fourth-order valence-corrected chi connectivity index (χ4v) is 3.38. The zero-order valence-electron chi connectivity index (χ0n) is 11.2. The van der Waals surface area contributed by atoms with Crippen molar-refractivity contribution in [1.29, 1.82) is 0 Å². The lowest BCUT2D eigenvalue weighted by Crippen LogP contribution is -2.21. The Hall–Kier alpha value is -0.640. The van der Waals surface area contributed by atoms with Crippen LogP contribution in [0.2, 0.25) is 0 Å². The Morgan fingerprint density at radius 2 is 2.16 bits per heavy atom. The molecule has 0 radical (unpaired) electrons. The van der Waals surface area contributed by atoms with Crippen molar-refractivity contribution in [1.82, 2.24) is 5.32 Å². The van der Waals surface area contributed by atoms with Crippen LogP contribution < -0.4 is 5.32 Å². The molecule has 2 aromatic rings. The Bertz CT molecular complexity index is 481. The van der Waals surface area contributed by atoms with Gasteiger partial charge in [0.25, 0.3) is 0 Å². The summed E-state index contributed by atoms with van der Waals surface area (Å²) >= 11 is 5.43. The maximum absolute atomic E-state index is 3.57. The van der Waals surface area contributed by atoms with E-state index in [1.54, 1.807) is 0 Å². The van der Waals surface area contributed by atoms with Gasteiger partial charge in [-0.3, -0.25) is 0 Å². The number of hydrogen-bond donors (Lipinski definition) is 1. The van der Waals surface area contributed by atoms with Crippen molar-refractivity contribution in [3.63, 3.8) is 0 Å². The zero-order valence-corrected chi connectivity index (χ0v) is 13.6. The Morgan fingerprint density at radius 1 is 1.26 bits per heavy atom. The highest BCUT2D eigenvalue weighted by molar-refractivity contribution is 9.10. The number of rotatable bonds is 7. The highest BCUT2D eigenvalue weighted by Gasteiger charge is 2.12. The molecular formula is C16H20BrNS. The van der Waals surface area contributed by atoms with Crippen molar-refractivity contribution < 1.29 is 0 Å². The molecule has 1 nitrogen and oxygen atoms in total. The molecule has 0 aliphatic rings. The minimum atomic E-state index is 0.583. The zero-order chi connectivity index (χ0) is 13.5. The summed E-state index contributed by atoms with van der Waals surface area (Å²) in [5.41, 5.74) is 1.42. The first-order chi connectivity index (χ1) is 9.29. The molecule has 0 aliphatic carbocycles. The standard InChI is InChI=1S/C16H20BrNS/c1-2-18-12-14(8-9-16-7-4-10-19-16)13-5-3-6-15(17)11-13/h3-7,10-11,14,18H,2,8-9,12H2,1H3. The van der Waals surface area contributed by atoms with E-state index in [0.29, 0.717) is 5.92 Å². The Kier molecular flexibility index (Phi) is 6.08. The summed E-state index contributed by atoms with van der Waals surface area (Å²) in [6.07, 6.45) is 2.37. The van der Waals surface area contributed by atoms with E-state index in [1.165, 1.54) is 27.8 Å². The summed E-state index contributed by atoms with van der Waals surface area (Å²) < 4.78 is 1.17. The Labute approximate surface area is 128 Å². The number of likely N-dealkylation sites (N-methyl/N-ethyl adjacent to an activating group) is 1. The lowest BCUT2D eigenvalue weighted by atomic mass is 9.94. The molecule has 1 aromatic carbocycles. The molecule has 102 valence electrons. The molecule has 3 heteroatoms. The first-order valence-corrected chi connectivity index (χ1v) is 8.45. The molecule has 0 amide bonds. The van der Waals surface area contributed by atoms with E-state index in [9.17, 15) is 0 Å². The normalized spacial score (nSPS) is 12.5. The lowest BCUT2D eigenvalue weighted by Gasteiger charge is -2.18. The van der Waals surface area contributed by atoms with Crippen LogP contribution in [0.5, 0.6) is 0 Å². The van der Waals surface area contributed by atoms with Gasteiger partial charge in [0.2, 0.25) is 0 Å². The molecule has 2 rings (SSSR count). The van der Waals surface area contributed by atoms with Crippen molar-refractivity contribution in [2.75, 3.05) is 13.1 Å². The molecule has 0 saturated heterocycles. The van der Waals surface area contributed by atoms with Gasteiger partial charge in [0, 0.05) is 15.9 Å². The van der Waals surface area contributed by atoms with Crippen molar-refractivity contribution in [3.8, 4) is 0 Å². The number of nitrogens with one attached hydrogen (secondary N) is 1. The van der Waals surface area contributed by atoms with Gasteiger partial charge in [0.05, 0.1) is 0 Å². The third-order valence-corrected chi connectivity index (χ3v) is 4.71. The van der Waals surface area contributed by atoms with Crippen molar-refractivity contribution in [2.24, 2.45) is 0 Å². The second kappa shape index (κ2) is 7.83. The summed E-state index contributed by atoms with van der Waals surface area (Å²) in [7, 11) is 0. The van der Waals surface area contributed by atoms with Crippen LogP contribution in [0, 0.1) is 0 Å². The topological polar surface area (TPSA) is 12.0 Å². The average molecular weight is 338 g/mol. The van der Waals surface area contributed by atoms with Crippen molar-refractivity contribution >= 4 is 27.3 Å². The third-order valence-electron chi connectivity index (χ3n) is 3.28. The van der Waals surface area contributed by atoms with Gasteiger partial charge >= 0.3 is 0 Å². The van der Waals surface area contributed by atoms with Gasteiger partial charge in [-0.15, -0.1) is 11.3 Å². The van der Waals surface area contributed by atoms with Crippen LogP contribution in [0.1, 0.15) is 29.7 Å². The van der Waals surface area contributed by atoms with Gasteiger partial charge in [-0.05, 0) is 54.4 Å². The molecular weight excluding hydrogens is 318 g/mol. The molecule has 0 aliphatic heterocycles. The molecule has 1 aromatic heterocycles. The number of benzene rings is 1. The van der Waals surface area contributed by atoms with Crippen LogP contribution in [-0.4, -0.2) is 13.1 Å². The van der Waals surface area contributed by atoms with Crippen molar-refractivity contribution in [3.05, 3.63) is 56.7 Å². The summed E-state index contributed by atoms with van der Waals surface area (Å²) in [6, 6.07) is 13.1. The van der Waals surface area contributed by atoms with Crippen LogP contribution in [-0.2, 0) is 6.42 Å². The van der Waals surface area contributed by atoms with E-state index in [1.807, 2.05) is 11.3 Å². The molecule has 1 heterocycles. The van der Waals surface area contributed by atoms with Gasteiger partial charge in [-0.1, -0.05) is 41.1 Å². The first-order valence-electron chi connectivity index (χ1n) is 6.78. The summed E-state index contributed by atoms with van der Waals surface area (Å²) in [6.45, 7) is 4.25. The second-order valence-electron chi connectivity index (χ2n) is 4.68. The molecule has 0 saturated carbocycles. The monoisotopic (exact) mass is 337 g/mol. The lowest BCUT2D eigenvalue weighted by molar-refractivity contribution is 0.563. The fraction of sp³-hybridized carbons (Fsp3) is 0.375. The summed E-state index contributed by atoms with van der Waals surface area (Å²) in [4.78, 5) is 1.48. The van der Waals surface area contributed by atoms with Gasteiger partial charge in [0.1, 0.15) is 0 Å². The van der Waals surface area contributed by atoms with Gasteiger partial charge in [0.15, 0.2) is 0 Å². The van der Waals surface area contributed by atoms with E-state index < -0.39 is 0 Å². The first kappa shape index (κ1) is 14.8. The smallest absolute Gasteiger partial charge is 0.0178 e. The molecule has 0 bridgehead atoms. The Morgan fingerprint density at radius 3 is 2.84 bits per heavy atom. The van der Waals surface area contributed by atoms with E-state index in [-0.39, 0.29) is 0 Å². The van der Waals surface area contributed by atoms with Gasteiger partial charge in [-0.25, -0.2) is 0 Å². The molecule has 1 unspecified atom stereocenters. The molecule has 1 atom stereocenters. The number of halogens is 1. The average Bonchev–Trinajstić information content (AvgIpc) is 2.92. The largest absolute Gasteiger partial charge is 0.316 e. The predicted octanol–water partition coefficient (Wildman–Crippen LogP) is 4.84. The fourth-order valence-electron chi connectivity index (χ4n) is 2.24. The highest BCUT2D eigenvalue weighted by atomic mass is 79.9. The third kappa shape index (κ3) is 4.75. The minimum absolute atomic E-state index is 0.583.